The molecule has 0 saturated carbocycles. The third-order valence-electron chi connectivity index (χ3n) is 1.38. The van der Waals surface area contributed by atoms with Crippen LogP contribution in [0, 0.1) is 0 Å². The van der Waals surface area contributed by atoms with E-state index in [2.05, 4.69) is 0 Å². The summed E-state index contributed by atoms with van der Waals surface area (Å²) in [6.45, 7) is 0.475. The molecule has 4 N–H and O–H groups in total. The summed E-state index contributed by atoms with van der Waals surface area (Å²) < 4.78 is 0. The van der Waals surface area contributed by atoms with Crippen molar-refractivity contribution in [2.24, 2.45) is 5.73 Å². The van der Waals surface area contributed by atoms with Gasteiger partial charge in [-0.2, -0.15) is 5.06 Å². The molecule has 5 heteroatoms. The van der Waals surface area contributed by atoms with Crippen molar-refractivity contribution in [3.05, 3.63) is 0 Å². The summed E-state index contributed by atoms with van der Waals surface area (Å²) >= 11 is 0. The van der Waals surface area contributed by atoms with E-state index in [1.54, 1.807) is 0 Å². The Hall–Kier alpha value is 0.528. The van der Waals surface area contributed by atoms with Crippen LogP contribution in [0.15, 0.2) is 0 Å². The smallest absolute Gasteiger partial charge is 0.144 e. The van der Waals surface area contributed by atoms with Gasteiger partial charge in [0.05, 0.1) is 0 Å². The fraction of sp³-hybridized carbons (Fsp3) is 1.00. The van der Waals surface area contributed by atoms with E-state index >= 15 is 0 Å². The van der Waals surface area contributed by atoms with Crippen LogP contribution in [-0.4, -0.2) is 34.2 Å². The first-order chi connectivity index (χ1) is 3.72. The first kappa shape index (κ1) is 9.53. The van der Waals surface area contributed by atoms with Gasteiger partial charge in [0.1, 0.15) is 6.23 Å². The van der Waals surface area contributed by atoms with Gasteiger partial charge in [-0.05, 0) is 6.42 Å². The number of nitrogens with two attached hydrogens (primary N) is 1. The Morgan fingerprint density at radius 1 is 1.56 bits per heavy atom. The predicted molar refractivity (Wildman–Crippen MR) is 27.1 cm³/mol. The molecule has 1 rings (SSSR count). The molecule has 1 aliphatic heterocycles. The van der Waals surface area contributed by atoms with Crippen LogP contribution < -0.4 is 5.73 Å². The number of hydroxylamine groups is 2. The van der Waals surface area contributed by atoms with Crippen molar-refractivity contribution < 1.29 is 31.4 Å². The molecule has 2 atom stereocenters. The van der Waals surface area contributed by atoms with Gasteiger partial charge in [0, 0.05) is 33.7 Å². The predicted octanol–water partition coefficient (Wildman–Crippen LogP) is -1.28. The zero-order valence-corrected chi connectivity index (χ0v) is 7.08. The van der Waals surface area contributed by atoms with E-state index in [4.69, 9.17) is 16.0 Å². The van der Waals surface area contributed by atoms with Gasteiger partial charge in [0.15, 0.2) is 0 Å². The van der Waals surface area contributed by atoms with Crippen molar-refractivity contribution in [2.45, 2.75) is 18.7 Å². The number of rotatable bonds is 0. The van der Waals surface area contributed by atoms with Crippen LogP contribution in [0.25, 0.3) is 0 Å². The third kappa shape index (κ3) is 1.99. The summed E-state index contributed by atoms with van der Waals surface area (Å²) in [5, 5.41) is 18.3. The number of aliphatic hydroxyl groups is 1. The third-order valence-corrected chi connectivity index (χ3v) is 1.38. The second-order valence-corrected chi connectivity index (χ2v) is 2.03. The quantitative estimate of drug-likeness (QED) is 0.521. The van der Waals surface area contributed by atoms with Gasteiger partial charge in [-0.15, -0.1) is 0 Å². The summed E-state index contributed by atoms with van der Waals surface area (Å²) in [5.74, 6) is 0. The zero-order valence-electron chi connectivity index (χ0n) is 4.80. The molecule has 0 aromatic heterocycles. The molecule has 0 radical (unpaired) electrons. The molecule has 58 valence electrons. The number of hydrogen-bond acceptors (Lipinski definition) is 4. The molecule has 9 heavy (non-hydrogen) atoms. The van der Waals surface area contributed by atoms with E-state index in [1.165, 1.54) is 0 Å². The van der Waals surface area contributed by atoms with Crippen LogP contribution in [0.3, 0.4) is 0 Å². The Bertz CT molecular complexity index is 82.6. The van der Waals surface area contributed by atoms with Crippen molar-refractivity contribution in [1.82, 2.24) is 5.06 Å². The van der Waals surface area contributed by atoms with Crippen LogP contribution in [0.4, 0.5) is 0 Å². The van der Waals surface area contributed by atoms with Gasteiger partial charge in [-0.3, -0.25) is 0 Å². The van der Waals surface area contributed by atoms with Crippen LogP contribution in [-0.2, 0) is 21.1 Å². The molecule has 0 aliphatic carbocycles. The molecule has 4 nitrogen and oxygen atoms in total. The normalized spacial score (nSPS) is 36.3. The first-order valence-electron chi connectivity index (χ1n) is 2.61. The van der Waals surface area contributed by atoms with E-state index in [0.717, 1.165) is 5.06 Å². The molecule has 0 aromatic rings. The molecule has 1 saturated heterocycles. The fourth-order valence-corrected chi connectivity index (χ4v) is 0.784. The van der Waals surface area contributed by atoms with Crippen LogP contribution >= 0.6 is 0 Å². The standard InChI is InChI=1S/C4H10N2O2.Pt/c5-3-1-2-6(8)4(3)7;/h3-4,7-8H,1-2,5H2;/t3-,4-;/m0./s1. The van der Waals surface area contributed by atoms with Crippen molar-refractivity contribution in [1.29, 1.82) is 0 Å². The van der Waals surface area contributed by atoms with E-state index in [1.807, 2.05) is 0 Å². The second kappa shape index (κ2) is 3.64. The van der Waals surface area contributed by atoms with Crippen LogP contribution in [0.1, 0.15) is 6.42 Å². The molecule has 0 amide bonds. The molecular formula is C4H10N2O2Pt. The molecule has 0 bridgehead atoms. The van der Waals surface area contributed by atoms with Gasteiger partial charge >= 0.3 is 0 Å². The maximum Gasteiger partial charge on any atom is 0.144 e. The minimum absolute atomic E-state index is 0. The summed E-state index contributed by atoms with van der Waals surface area (Å²) in [5.41, 5.74) is 5.32. The summed E-state index contributed by atoms with van der Waals surface area (Å²) in [6.07, 6.45) is -0.188. The Kier molecular flexibility index (Phi) is 3.85. The number of nitrogens with zero attached hydrogens (tertiary/aromatic N) is 1. The zero-order chi connectivity index (χ0) is 6.15. The Labute approximate surface area is 67.9 Å². The van der Waals surface area contributed by atoms with Gasteiger partial charge in [0.25, 0.3) is 0 Å². The molecule has 0 unspecified atom stereocenters. The maximum atomic E-state index is 8.82. The minimum Gasteiger partial charge on any atom is -0.375 e. The largest absolute Gasteiger partial charge is 0.375 e. The fourth-order valence-electron chi connectivity index (χ4n) is 0.784. The van der Waals surface area contributed by atoms with Gasteiger partial charge < -0.3 is 16.0 Å². The van der Waals surface area contributed by atoms with E-state index in [0.29, 0.717) is 13.0 Å². The molecule has 0 spiro atoms. The summed E-state index contributed by atoms with van der Waals surface area (Å²) in [4.78, 5) is 0. The summed E-state index contributed by atoms with van der Waals surface area (Å²) in [7, 11) is 0. The Balaban J connectivity index is 0.000000640. The van der Waals surface area contributed by atoms with Gasteiger partial charge in [-0.25, -0.2) is 0 Å². The van der Waals surface area contributed by atoms with Crippen LogP contribution in [0.5, 0.6) is 0 Å². The molecule has 1 heterocycles. The molecule has 1 aliphatic rings. The average Bonchev–Trinajstić information content (AvgIpc) is 1.98. The Morgan fingerprint density at radius 2 is 2.11 bits per heavy atom. The van der Waals surface area contributed by atoms with E-state index in [-0.39, 0.29) is 27.1 Å². The van der Waals surface area contributed by atoms with E-state index < -0.39 is 6.23 Å². The van der Waals surface area contributed by atoms with Gasteiger partial charge in [-0.1, -0.05) is 0 Å². The SMILES string of the molecule is N[C@H]1CCN(O)[C@H]1O.[Pt]. The van der Waals surface area contributed by atoms with Crippen molar-refractivity contribution in [3.8, 4) is 0 Å². The minimum atomic E-state index is -0.852. The topological polar surface area (TPSA) is 69.7 Å². The van der Waals surface area contributed by atoms with E-state index in [9.17, 15) is 0 Å². The number of aliphatic hydroxyl groups excluding tert-OH is 1. The monoisotopic (exact) mass is 313 g/mol. The van der Waals surface area contributed by atoms with Crippen LogP contribution in [0.2, 0.25) is 0 Å². The Morgan fingerprint density at radius 3 is 2.22 bits per heavy atom. The van der Waals surface area contributed by atoms with Crippen molar-refractivity contribution in [2.75, 3.05) is 6.54 Å². The van der Waals surface area contributed by atoms with Crippen molar-refractivity contribution >= 4 is 0 Å². The molecule has 1 fully saturated rings. The molecule has 0 aromatic carbocycles. The van der Waals surface area contributed by atoms with Crippen molar-refractivity contribution in [3.63, 3.8) is 0 Å². The van der Waals surface area contributed by atoms with Gasteiger partial charge in [0.2, 0.25) is 0 Å². The number of hydrogen-bond donors (Lipinski definition) is 3. The second-order valence-electron chi connectivity index (χ2n) is 2.03. The average molecular weight is 313 g/mol. The maximum absolute atomic E-state index is 8.82. The summed E-state index contributed by atoms with van der Waals surface area (Å²) in [6, 6.07) is -0.278. The molecular weight excluding hydrogens is 303 g/mol. The first-order valence-corrected chi connectivity index (χ1v) is 2.61.